The standard InChI is InChI=1S/C46H36N6/c1-26-8-14-34-35-15-9-27(2)21-41(35)51(40(34)20-26)44-24-32(46-49-30(5)48-31(6)50-46)12-18-38(44)39-19-13-33(47-7)25-45(39)52-42-22-28(3)10-16-36(42)37-17-11-29(4)23-43(37)52/h8-25H,1-6H3. The maximum absolute atomic E-state index is 8.06. The molecule has 0 atom stereocenters. The number of hydrogen-bond acceptors (Lipinski definition) is 3. The molecule has 0 amide bonds. The van der Waals surface area contributed by atoms with Gasteiger partial charge in [-0.3, -0.25) is 0 Å². The zero-order chi connectivity index (χ0) is 35.8. The Morgan fingerprint density at radius 3 is 1.27 bits per heavy atom. The highest BCUT2D eigenvalue weighted by Gasteiger charge is 2.22. The fraction of sp³-hybridized carbons (Fsp3) is 0.130. The van der Waals surface area contributed by atoms with Crippen LogP contribution in [0.3, 0.4) is 0 Å². The fourth-order valence-corrected chi connectivity index (χ4v) is 7.83. The number of rotatable bonds is 4. The molecule has 6 heteroatoms. The lowest BCUT2D eigenvalue weighted by molar-refractivity contribution is 0.928. The molecule has 9 rings (SSSR count). The van der Waals surface area contributed by atoms with Gasteiger partial charge in [0.25, 0.3) is 0 Å². The van der Waals surface area contributed by atoms with Crippen LogP contribution in [0.5, 0.6) is 0 Å². The van der Waals surface area contributed by atoms with Crippen LogP contribution in [0.4, 0.5) is 5.69 Å². The third-order valence-corrected chi connectivity index (χ3v) is 10.2. The molecule has 0 aliphatic heterocycles. The van der Waals surface area contributed by atoms with E-state index < -0.39 is 0 Å². The van der Waals surface area contributed by atoms with Crippen molar-refractivity contribution >= 4 is 49.3 Å². The van der Waals surface area contributed by atoms with Crippen molar-refractivity contribution in [2.75, 3.05) is 0 Å². The largest absolute Gasteiger partial charge is 0.310 e. The number of fused-ring (bicyclic) bond motifs is 6. The molecule has 0 saturated heterocycles. The van der Waals surface area contributed by atoms with Crippen molar-refractivity contribution in [3.05, 3.63) is 155 Å². The summed E-state index contributed by atoms with van der Waals surface area (Å²) in [5, 5.41) is 4.76. The second-order valence-corrected chi connectivity index (χ2v) is 14.1. The van der Waals surface area contributed by atoms with Crippen LogP contribution in [-0.2, 0) is 0 Å². The minimum atomic E-state index is 0.589. The Morgan fingerprint density at radius 1 is 0.442 bits per heavy atom. The van der Waals surface area contributed by atoms with E-state index in [4.69, 9.17) is 16.5 Å². The third kappa shape index (κ3) is 4.97. The van der Waals surface area contributed by atoms with Crippen LogP contribution in [-0.4, -0.2) is 24.1 Å². The molecular weight excluding hydrogens is 637 g/mol. The number of aromatic nitrogens is 5. The van der Waals surface area contributed by atoms with E-state index in [0.717, 1.165) is 50.1 Å². The van der Waals surface area contributed by atoms with Crippen molar-refractivity contribution in [2.45, 2.75) is 41.5 Å². The zero-order valence-electron chi connectivity index (χ0n) is 30.1. The third-order valence-electron chi connectivity index (χ3n) is 10.2. The predicted octanol–water partition coefficient (Wildman–Crippen LogP) is 11.8. The molecule has 0 radical (unpaired) electrons. The fourth-order valence-electron chi connectivity index (χ4n) is 7.83. The molecule has 0 fully saturated rings. The van der Waals surface area contributed by atoms with E-state index in [-0.39, 0.29) is 0 Å². The minimum Gasteiger partial charge on any atom is -0.310 e. The van der Waals surface area contributed by atoms with Gasteiger partial charge in [0.05, 0.1) is 34.3 Å². The van der Waals surface area contributed by atoms with Gasteiger partial charge in [0, 0.05) is 43.9 Å². The summed E-state index contributed by atoms with van der Waals surface area (Å²) >= 11 is 0. The van der Waals surface area contributed by atoms with Crippen LogP contribution >= 0.6 is 0 Å². The highest BCUT2D eigenvalue weighted by molar-refractivity contribution is 6.12. The Labute approximate surface area is 302 Å². The van der Waals surface area contributed by atoms with Gasteiger partial charge in [0.15, 0.2) is 11.5 Å². The van der Waals surface area contributed by atoms with Crippen molar-refractivity contribution < 1.29 is 0 Å². The molecule has 250 valence electrons. The quantitative estimate of drug-likeness (QED) is 0.175. The van der Waals surface area contributed by atoms with E-state index in [9.17, 15) is 0 Å². The average Bonchev–Trinajstić information content (AvgIpc) is 3.60. The van der Waals surface area contributed by atoms with E-state index in [2.05, 4.69) is 144 Å². The second kappa shape index (κ2) is 11.8. The number of nitrogens with zero attached hydrogens (tertiary/aromatic N) is 6. The Bertz CT molecular complexity index is 2850. The molecule has 0 unspecified atom stereocenters. The minimum absolute atomic E-state index is 0.589. The van der Waals surface area contributed by atoms with Gasteiger partial charge in [-0.1, -0.05) is 72.8 Å². The van der Waals surface area contributed by atoms with E-state index in [1.54, 1.807) is 0 Å². The maximum atomic E-state index is 8.06. The molecule has 0 saturated carbocycles. The predicted molar refractivity (Wildman–Crippen MR) is 214 cm³/mol. The zero-order valence-corrected chi connectivity index (χ0v) is 30.1. The van der Waals surface area contributed by atoms with Crippen molar-refractivity contribution in [2.24, 2.45) is 0 Å². The molecule has 0 spiro atoms. The molecule has 0 N–H and O–H groups in total. The van der Waals surface area contributed by atoms with Crippen molar-refractivity contribution in [1.29, 1.82) is 0 Å². The first kappa shape index (κ1) is 31.4. The summed E-state index contributed by atoms with van der Waals surface area (Å²) in [5.41, 5.74) is 14.7. The maximum Gasteiger partial charge on any atom is 0.189 e. The van der Waals surface area contributed by atoms with Crippen LogP contribution in [0, 0.1) is 48.1 Å². The molecule has 6 aromatic carbocycles. The highest BCUT2D eigenvalue weighted by Crippen LogP contribution is 2.43. The van der Waals surface area contributed by atoms with Crippen LogP contribution in [0.1, 0.15) is 33.9 Å². The molecule has 52 heavy (non-hydrogen) atoms. The van der Waals surface area contributed by atoms with Crippen molar-refractivity contribution in [1.82, 2.24) is 24.1 Å². The van der Waals surface area contributed by atoms with Gasteiger partial charge in [-0.15, -0.1) is 0 Å². The summed E-state index contributed by atoms with van der Waals surface area (Å²) in [6.45, 7) is 20.4. The average molecular weight is 673 g/mol. The van der Waals surface area contributed by atoms with Gasteiger partial charge >= 0.3 is 0 Å². The summed E-state index contributed by atoms with van der Waals surface area (Å²) in [6, 6.07) is 39.3. The molecule has 0 aliphatic carbocycles. The molecule has 3 aromatic heterocycles. The number of aryl methyl sites for hydroxylation is 6. The smallest absolute Gasteiger partial charge is 0.189 e. The topological polar surface area (TPSA) is 52.9 Å². The Hall–Kier alpha value is -6.58. The Balaban J connectivity index is 1.44. The van der Waals surface area contributed by atoms with E-state index in [1.165, 1.54) is 43.8 Å². The van der Waals surface area contributed by atoms with Crippen molar-refractivity contribution in [3.63, 3.8) is 0 Å². The lowest BCUT2D eigenvalue weighted by Gasteiger charge is -2.20. The number of benzene rings is 6. The van der Waals surface area contributed by atoms with E-state index in [1.807, 2.05) is 26.0 Å². The van der Waals surface area contributed by atoms with Crippen LogP contribution < -0.4 is 0 Å². The summed E-state index contributed by atoms with van der Waals surface area (Å²) in [6.07, 6.45) is 0. The van der Waals surface area contributed by atoms with Gasteiger partial charge in [-0.25, -0.2) is 19.8 Å². The van der Waals surface area contributed by atoms with Gasteiger partial charge in [-0.2, -0.15) is 0 Å². The first-order chi connectivity index (χ1) is 25.2. The first-order valence-electron chi connectivity index (χ1n) is 17.6. The Morgan fingerprint density at radius 2 is 0.846 bits per heavy atom. The van der Waals surface area contributed by atoms with Crippen molar-refractivity contribution in [3.8, 4) is 33.9 Å². The highest BCUT2D eigenvalue weighted by atomic mass is 15.0. The monoisotopic (exact) mass is 672 g/mol. The molecule has 0 aliphatic rings. The second-order valence-electron chi connectivity index (χ2n) is 14.1. The molecule has 9 aromatic rings. The van der Waals surface area contributed by atoms with Crippen LogP contribution in [0.2, 0.25) is 0 Å². The Kier molecular flexibility index (Phi) is 7.10. The first-order valence-corrected chi connectivity index (χ1v) is 17.6. The normalized spacial score (nSPS) is 11.6. The lowest BCUT2D eigenvalue weighted by atomic mass is 9.98. The molecule has 3 heterocycles. The molecule has 6 nitrogen and oxygen atoms in total. The summed E-state index contributed by atoms with van der Waals surface area (Å²) < 4.78 is 4.75. The van der Waals surface area contributed by atoms with Gasteiger partial charge in [0.1, 0.15) is 11.6 Å². The summed E-state index contributed by atoms with van der Waals surface area (Å²) in [7, 11) is 0. The van der Waals surface area contributed by atoms with Gasteiger partial charge in [-0.05, 0) is 100 Å². The molecule has 0 bridgehead atoms. The summed E-state index contributed by atoms with van der Waals surface area (Å²) in [4.78, 5) is 17.9. The van der Waals surface area contributed by atoms with Crippen LogP contribution in [0.15, 0.2) is 109 Å². The van der Waals surface area contributed by atoms with E-state index >= 15 is 0 Å². The summed E-state index contributed by atoms with van der Waals surface area (Å²) in [5.74, 6) is 2.01. The van der Waals surface area contributed by atoms with Crippen LogP contribution in [0.25, 0.3) is 82.3 Å². The number of hydrogen-bond donors (Lipinski definition) is 0. The lowest BCUT2D eigenvalue weighted by Crippen LogP contribution is -2.04. The van der Waals surface area contributed by atoms with Gasteiger partial charge < -0.3 is 9.13 Å². The SMILES string of the molecule is [C-]#[N+]c1ccc(-c2ccc(-c3nc(C)nc(C)n3)cc2-n2c3cc(C)ccc3c3ccc(C)cc32)c(-n2c3cc(C)ccc3c3ccc(C)cc32)c1. The molecular formula is C46H36N6. The van der Waals surface area contributed by atoms with E-state index in [0.29, 0.717) is 23.2 Å². The van der Waals surface area contributed by atoms with Gasteiger partial charge in [0.2, 0.25) is 0 Å².